The van der Waals surface area contributed by atoms with Crippen molar-refractivity contribution >= 4 is 24.0 Å². The molecule has 0 bridgehead atoms. The fraction of sp³-hybridized carbons (Fsp3) is 0.143. The second kappa shape index (κ2) is 9.92. The molecule has 0 aromatic carbocycles. The maximum Gasteiger partial charge on any atom is 0.254 e. The molecule has 31 heavy (non-hydrogen) atoms. The Hall–Kier alpha value is -4.34. The third kappa shape index (κ3) is 5.82. The van der Waals surface area contributed by atoms with Gasteiger partial charge in [0.25, 0.3) is 5.91 Å². The molecule has 0 radical (unpaired) electrons. The highest BCUT2D eigenvalue weighted by molar-refractivity contribution is 6.03. The van der Waals surface area contributed by atoms with Crippen LogP contribution >= 0.6 is 0 Å². The van der Waals surface area contributed by atoms with Crippen molar-refractivity contribution in [2.24, 2.45) is 4.99 Å². The molecule has 3 aromatic rings. The van der Waals surface area contributed by atoms with Crippen LogP contribution in [0.3, 0.4) is 0 Å². The number of nitrogens with one attached hydrogen (secondary N) is 2. The Morgan fingerprint density at radius 1 is 1.19 bits per heavy atom. The number of pyridine rings is 2. The summed E-state index contributed by atoms with van der Waals surface area (Å²) in [7, 11) is 1.58. The zero-order valence-corrected chi connectivity index (χ0v) is 17.2. The summed E-state index contributed by atoms with van der Waals surface area (Å²) in [4.78, 5) is 36.9. The summed E-state index contributed by atoms with van der Waals surface area (Å²) in [5, 5.41) is 9.34. The number of H-pyrrole nitrogens is 1. The van der Waals surface area contributed by atoms with Gasteiger partial charge in [-0.3, -0.25) is 19.7 Å². The van der Waals surface area contributed by atoms with Crippen molar-refractivity contribution in [2.45, 2.75) is 13.8 Å². The topological polar surface area (TPSA) is 125 Å². The summed E-state index contributed by atoms with van der Waals surface area (Å²) in [6.45, 7) is 3.28. The summed E-state index contributed by atoms with van der Waals surface area (Å²) in [6.07, 6.45) is 8.60. The van der Waals surface area contributed by atoms with E-state index in [2.05, 4.69) is 30.5 Å². The first-order valence-corrected chi connectivity index (χ1v) is 9.26. The molecule has 0 spiro atoms. The van der Waals surface area contributed by atoms with Crippen molar-refractivity contribution in [3.8, 4) is 22.8 Å². The Bertz CT molecular complexity index is 1110. The summed E-state index contributed by atoms with van der Waals surface area (Å²) in [5.74, 6) is 1.58. The number of nitrogens with zero attached hydrogens (tertiary/aromatic N) is 5. The molecule has 0 saturated heterocycles. The van der Waals surface area contributed by atoms with E-state index in [1.807, 2.05) is 0 Å². The molecule has 0 aliphatic heterocycles. The van der Waals surface area contributed by atoms with Crippen LogP contribution in [0.15, 0.2) is 65.8 Å². The monoisotopic (exact) mass is 419 g/mol. The average Bonchev–Trinajstić information content (AvgIpc) is 3.33. The third-order valence-corrected chi connectivity index (χ3v) is 4.21. The van der Waals surface area contributed by atoms with Crippen molar-refractivity contribution in [1.82, 2.24) is 25.1 Å². The predicted molar refractivity (Wildman–Crippen MR) is 115 cm³/mol. The van der Waals surface area contributed by atoms with Crippen LogP contribution < -0.4 is 10.1 Å². The molecule has 3 rings (SSSR count). The number of amidine groups is 1. The molecule has 0 aliphatic carbocycles. The SMILES string of the molecule is CC(=N/C=C(\C)C(=O)Nc1ccc(Oc2ccnc(-c3cn[nH]c3)c2)cn1)N(C)C=O. The van der Waals surface area contributed by atoms with Crippen LogP contribution in [0, 0.1) is 0 Å². The minimum atomic E-state index is -0.356. The van der Waals surface area contributed by atoms with Gasteiger partial charge in [-0.25, -0.2) is 9.98 Å². The molecule has 10 heteroatoms. The maximum atomic E-state index is 12.3. The average molecular weight is 419 g/mol. The molecule has 10 nitrogen and oxygen atoms in total. The fourth-order valence-corrected chi connectivity index (χ4v) is 2.31. The van der Waals surface area contributed by atoms with Crippen molar-refractivity contribution < 1.29 is 14.3 Å². The Kier molecular flexibility index (Phi) is 6.84. The largest absolute Gasteiger partial charge is 0.456 e. The Morgan fingerprint density at radius 2 is 2.03 bits per heavy atom. The van der Waals surface area contributed by atoms with Crippen molar-refractivity contribution in [2.75, 3.05) is 12.4 Å². The minimum Gasteiger partial charge on any atom is -0.456 e. The quantitative estimate of drug-likeness (QED) is 0.262. The van der Waals surface area contributed by atoms with Crippen LogP contribution in [0.25, 0.3) is 11.3 Å². The molecule has 0 atom stereocenters. The van der Waals surface area contributed by atoms with E-state index in [9.17, 15) is 9.59 Å². The number of amides is 2. The molecule has 158 valence electrons. The Morgan fingerprint density at radius 3 is 2.71 bits per heavy atom. The molecular weight excluding hydrogens is 398 g/mol. The highest BCUT2D eigenvalue weighted by Crippen LogP contribution is 2.25. The number of rotatable bonds is 7. The predicted octanol–water partition coefficient (Wildman–Crippen LogP) is 3.01. The molecule has 2 N–H and O–H groups in total. The standard InChI is InChI=1S/C21H21N7O3/c1-14(9-23-15(2)28(3)13-29)21(30)27-20-5-4-18(12-24-20)31-17-6-7-22-19(8-17)16-10-25-26-11-16/h4-13H,1-3H3,(H,25,26)(H,24,27,30)/b14-9+,23-15?. The van der Waals surface area contributed by atoms with E-state index in [1.165, 1.54) is 17.3 Å². The van der Waals surface area contributed by atoms with Crippen LogP contribution in [-0.2, 0) is 9.59 Å². The lowest BCUT2D eigenvalue weighted by atomic mass is 10.2. The Labute approximate surface area is 178 Å². The number of carbonyl (C=O) groups is 2. The molecule has 0 unspecified atom stereocenters. The molecule has 0 aliphatic rings. The van der Waals surface area contributed by atoms with Crippen LogP contribution in [0.1, 0.15) is 13.8 Å². The van der Waals surface area contributed by atoms with E-state index >= 15 is 0 Å². The van der Waals surface area contributed by atoms with Crippen molar-refractivity contribution in [3.05, 3.63) is 60.8 Å². The summed E-state index contributed by atoms with van der Waals surface area (Å²) < 4.78 is 5.81. The second-order valence-corrected chi connectivity index (χ2v) is 6.50. The van der Waals surface area contributed by atoms with Gasteiger partial charge in [-0.05, 0) is 32.0 Å². The van der Waals surface area contributed by atoms with Gasteiger partial charge in [0, 0.05) is 42.8 Å². The third-order valence-electron chi connectivity index (χ3n) is 4.21. The highest BCUT2D eigenvalue weighted by Gasteiger charge is 2.08. The van der Waals surface area contributed by atoms with Gasteiger partial charge < -0.3 is 15.0 Å². The van der Waals surface area contributed by atoms with Gasteiger partial charge in [-0.1, -0.05) is 0 Å². The first kappa shape index (κ1) is 21.4. The minimum absolute atomic E-state index is 0.356. The molecule has 3 aromatic heterocycles. The number of aliphatic imine (C=N–C) groups is 1. The van der Waals surface area contributed by atoms with E-state index in [4.69, 9.17) is 4.74 Å². The molecule has 0 saturated carbocycles. The molecular formula is C21H21N7O3. The van der Waals surface area contributed by atoms with E-state index in [1.54, 1.807) is 63.8 Å². The maximum absolute atomic E-state index is 12.3. The lowest BCUT2D eigenvalue weighted by Gasteiger charge is -2.09. The highest BCUT2D eigenvalue weighted by atomic mass is 16.5. The summed E-state index contributed by atoms with van der Waals surface area (Å²) in [5.41, 5.74) is 1.94. The summed E-state index contributed by atoms with van der Waals surface area (Å²) >= 11 is 0. The normalized spacial score (nSPS) is 11.7. The molecule has 0 fully saturated rings. The smallest absolute Gasteiger partial charge is 0.254 e. The van der Waals surface area contributed by atoms with Crippen molar-refractivity contribution in [3.63, 3.8) is 0 Å². The van der Waals surface area contributed by atoms with Gasteiger partial charge >= 0.3 is 0 Å². The van der Waals surface area contributed by atoms with Crippen molar-refractivity contribution in [1.29, 1.82) is 0 Å². The van der Waals surface area contributed by atoms with Gasteiger partial charge in [0.1, 0.15) is 23.2 Å². The number of aromatic amines is 1. The zero-order valence-electron chi connectivity index (χ0n) is 17.2. The van der Waals surface area contributed by atoms with Gasteiger partial charge in [-0.15, -0.1) is 0 Å². The first-order valence-electron chi connectivity index (χ1n) is 9.26. The number of aromatic nitrogens is 4. The van der Waals surface area contributed by atoms with Crippen LogP contribution in [0.2, 0.25) is 0 Å². The lowest BCUT2D eigenvalue weighted by molar-refractivity contribution is -0.114. The summed E-state index contributed by atoms with van der Waals surface area (Å²) in [6, 6.07) is 6.85. The molecule has 3 heterocycles. The number of hydrogen-bond acceptors (Lipinski definition) is 7. The van der Waals surface area contributed by atoms with E-state index in [-0.39, 0.29) is 5.91 Å². The van der Waals surface area contributed by atoms with Gasteiger partial charge in [-0.2, -0.15) is 5.10 Å². The zero-order chi connectivity index (χ0) is 22.2. The Balaban J connectivity index is 1.62. The lowest BCUT2D eigenvalue weighted by Crippen LogP contribution is -2.21. The van der Waals surface area contributed by atoms with Crippen LogP contribution in [0.5, 0.6) is 11.5 Å². The number of hydrogen-bond donors (Lipinski definition) is 2. The molecule has 2 amide bonds. The van der Waals surface area contributed by atoms with Crippen LogP contribution in [-0.4, -0.2) is 50.3 Å². The number of carbonyl (C=O) groups excluding carboxylic acids is 2. The number of ether oxygens (including phenoxy) is 1. The van der Waals surface area contributed by atoms with E-state index in [0.29, 0.717) is 35.1 Å². The first-order chi connectivity index (χ1) is 15.0. The van der Waals surface area contributed by atoms with Crippen LogP contribution in [0.4, 0.5) is 5.82 Å². The number of anilines is 1. The second-order valence-electron chi connectivity index (χ2n) is 6.50. The van der Waals surface area contributed by atoms with E-state index in [0.717, 1.165) is 11.3 Å². The van der Waals surface area contributed by atoms with Gasteiger partial charge in [0.05, 0.1) is 18.1 Å². The van der Waals surface area contributed by atoms with E-state index < -0.39 is 0 Å². The fourth-order valence-electron chi connectivity index (χ4n) is 2.31. The van der Waals surface area contributed by atoms with Gasteiger partial charge in [0.15, 0.2) is 0 Å². The van der Waals surface area contributed by atoms with Gasteiger partial charge in [0.2, 0.25) is 6.41 Å².